The van der Waals surface area contributed by atoms with Gasteiger partial charge in [-0.15, -0.1) is 0 Å². The van der Waals surface area contributed by atoms with Gasteiger partial charge in [0.1, 0.15) is 16.5 Å². The van der Waals surface area contributed by atoms with Gasteiger partial charge >= 0.3 is 10.1 Å². The summed E-state index contributed by atoms with van der Waals surface area (Å²) in [5.74, 6) is -0.00196. The molecule has 8 heteroatoms. The average Bonchev–Trinajstić information content (AvgIpc) is 3.18. The zero-order valence-electron chi connectivity index (χ0n) is 18.2. The molecule has 0 aliphatic carbocycles. The van der Waals surface area contributed by atoms with Crippen molar-refractivity contribution in [2.75, 3.05) is 0 Å². The van der Waals surface area contributed by atoms with E-state index in [2.05, 4.69) is 10.1 Å². The molecule has 0 bridgehead atoms. The van der Waals surface area contributed by atoms with Crippen molar-refractivity contribution >= 4 is 37.7 Å². The molecule has 1 aromatic heterocycles. The molecule has 4 rings (SSSR count). The van der Waals surface area contributed by atoms with Crippen molar-refractivity contribution < 1.29 is 22.2 Å². The molecule has 3 aromatic carbocycles. The van der Waals surface area contributed by atoms with Crippen LogP contribution in [0.15, 0.2) is 75.1 Å². The third-order valence-corrected chi connectivity index (χ3v) is 6.25. The summed E-state index contributed by atoms with van der Waals surface area (Å²) < 4.78 is 36.1. The fraction of sp³-hybridized carbons (Fsp3) is 0.250. The molecule has 7 nitrogen and oxygen atoms in total. The lowest BCUT2D eigenvalue weighted by molar-refractivity contribution is 0.118. The Hall–Kier alpha value is -3.23. The second kappa shape index (κ2) is 8.03. The predicted molar refractivity (Wildman–Crippen MR) is 123 cm³/mol. The van der Waals surface area contributed by atoms with Gasteiger partial charge in [-0.05, 0) is 35.9 Å². The Labute approximate surface area is 186 Å². The van der Waals surface area contributed by atoms with Crippen molar-refractivity contribution in [3.8, 4) is 0 Å². The molecule has 0 fully saturated rings. The molecular weight excluding hydrogens is 428 g/mol. The first kappa shape index (κ1) is 22.0. The van der Waals surface area contributed by atoms with Crippen molar-refractivity contribution in [2.45, 2.75) is 38.7 Å². The summed E-state index contributed by atoms with van der Waals surface area (Å²) in [7, 11) is -4.19. The number of aliphatic hydroxyl groups excluding tert-OH is 1. The molecular formula is C24H24N2O5S. The minimum absolute atomic E-state index is 0.00196. The Morgan fingerprint density at radius 1 is 1.06 bits per heavy atom. The minimum Gasteiger partial charge on any atom is -0.435 e. The number of benzene rings is 3. The lowest BCUT2D eigenvalue weighted by Crippen LogP contribution is -2.35. The Kier molecular flexibility index (Phi) is 5.52. The van der Waals surface area contributed by atoms with Crippen LogP contribution in [0.5, 0.6) is 0 Å². The molecule has 1 N–H and O–H groups in total. The molecule has 0 radical (unpaired) electrons. The zero-order chi connectivity index (χ0) is 23.1. The van der Waals surface area contributed by atoms with Gasteiger partial charge in [0.15, 0.2) is 11.3 Å². The van der Waals surface area contributed by atoms with Crippen LogP contribution in [-0.2, 0) is 14.4 Å². The number of oxime groups is 1. The molecule has 0 aliphatic heterocycles. The number of hydrogen-bond acceptors (Lipinski definition) is 7. The van der Waals surface area contributed by atoms with Gasteiger partial charge in [0, 0.05) is 5.39 Å². The topological polar surface area (TPSA) is 102 Å². The number of aliphatic hydroxyl groups is 1. The number of aryl methyl sites for hydroxylation is 1. The van der Waals surface area contributed by atoms with Crippen LogP contribution in [0.3, 0.4) is 0 Å². The summed E-state index contributed by atoms with van der Waals surface area (Å²) in [6.07, 6.45) is -1.20. The monoisotopic (exact) mass is 452 g/mol. The molecule has 1 unspecified atom stereocenters. The lowest BCUT2D eigenvalue weighted by atomic mass is 9.86. The summed E-state index contributed by atoms with van der Waals surface area (Å²) >= 11 is 0. The number of rotatable bonds is 5. The largest absolute Gasteiger partial charge is 0.435 e. The maximum Gasteiger partial charge on any atom is 0.358 e. The third kappa shape index (κ3) is 4.24. The van der Waals surface area contributed by atoms with Crippen LogP contribution < -0.4 is 0 Å². The van der Waals surface area contributed by atoms with E-state index in [4.69, 9.17) is 8.70 Å². The number of nitrogens with zero attached hydrogens (tertiary/aromatic N) is 2. The first-order chi connectivity index (χ1) is 15.1. The average molecular weight is 453 g/mol. The van der Waals surface area contributed by atoms with Crippen molar-refractivity contribution in [3.63, 3.8) is 0 Å². The van der Waals surface area contributed by atoms with E-state index in [0.717, 1.165) is 16.3 Å². The second-order valence-electron chi connectivity index (χ2n) is 8.74. The van der Waals surface area contributed by atoms with Crippen LogP contribution in [0.1, 0.15) is 32.2 Å². The maximum atomic E-state index is 12.6. The predicted octanol–water partition coefficient (Wildman–Crippen LogP) is 4.81. The number of hydrogen-bond donors (Lipinski definition) is 1. The zero-order valence-corrected chi connectivity index (χ0v) is 19.1. The fourth-order valence-electron chi connectivity index (χ4n) is 3.22. The van der Waals surface area contributed by atoms with E-state index in [1.807, 2.05) is 37.3 Å². The molecule has 166 valence electrons. The van der Waals surface area contributed by atoms with Crippen LogP contribution in [0.4, 0.5) is 0 Å². The van der Waals surface area contributed by atoms with Crippen molar-refractivity contribution in [1.29, 1.82) is 0 Å². The van der Waals surface area contributed by atoms with E-state index in [9.17, 15) is 13.5 Å². The summed E-state index contributed by atoms with van der Waals surface area (Å²) in [6, 6.07) is 17.6. The molecule has 0 spiro atoms. The minimum atomic E-state index is -4.19. The third-order valence-electron chi connectivity index (χ3n) is 5.13. The van der Waals surface area contributed by atoms with Crippen molar-refractivity contribution in [3.05, 3.63) is 72.1 Å². The van der Waals surface area contributed by atoms with Gasteiger partial charge in [0.2, 0.25) is 5.89 Å². The van der Waals surface area contributed by atoms with Gasteiger partial charge in [0.25, 0.3) is 0 Å². The van der Waals surface area contributed by atoms with Gasteiger partial charge < -0.3 is 9.52 Å². The highest BCUT2D eigenvalue weighted by atomic mass is 32.2. The summed E-state index contributed by atoms with van der Waals surface area (Å²) in [4.78, 5) is 4.49. The standard InChI is InChI=1S/C24H24N2O5S/c1-15-9-12-17(13-10-15)32(28,29)31-26-21(22(27)24(2,3)4)23-25-20-18-8-6-5-7-16(18)11-14-19(20)30-23/h5-14,22,27H,1-4H3/b26-21+. The second-order valence-corrected chi connectivity index (χ2v) is 10.3. The van der Waals surface area contributed by atoms with Gasteiger partial charge in [-0.2, -0.15) is 8.42 Å². The number of aromatic nitrogens is 1. The van der Waals surface area contributed by atoms with Crippen LogP contribution in [0, 0.1) is 12.3 Å². The first-order valence-electron chi connectivity index (χ1n) is 10.1. The lowest BCUT2D eigenvalue weighted by Gasteiger charge is -2.25. The number of fused-ring (bicyclic) bond motifs is 3. The van der Waals surface area contributed by atoms with Gasteiger partial charge in [-0.25, -0.2) is 4.98 Å². The molecule has 32 heavy (non-hydrogen) atoms. The van der Waals surface area contributed by atoms with Crippen LogP contribution in [-0.4, -0.2) is 30.3 Å². The molecule has 1 heterocycles. The molecule has 4 aromatic rings. The quantitative estimate of drug-likeness (QED) is 0.344. The Balaban J connectivity index is 1.81. The smallest absolute Gasteiger partial charge is 0.358 e. The highest BCUT2D eigenvalue weighted by molar-refractivity contribution is 7.86. The van der Waals surface area contributed by atoms with Crippen LogP contribution >= 0.6 is 0 Å². The fourth-order valence-corrected chi connectivity index (χ4v) is 3.96. The van der Waals surface area contributed by atoms with E-state index >= 15 is 0 Å². The van der Waals surface area contributed by atoms with Gasteiger partial charge in [0.05, 0.1) is 0 Å². The van der Waals surface area contributed by atoms with E-state index < -0.39 is 21.6 Å². The van der Waals surface area contributed by atoms with Gasteiger partial charge in [-0.3, -0.25) is 4.28 Å². The van der Waals surface area contributed by atoms with E-state index in [-0.39, 0.29) is 16.5 Å². The van der Waals surface area contributed by atoms with Crippen molar-refractivity contribution in [2.24, 2.45) is 10.6 Å². The van der Waals surface area contributed by atoms with E-state index in [1.165, 1.54) is 12.1 Å². The van der Waals surface area contributed by atoms with Crippen LogP contribution in [0.25, 0.3) is 21.9 Å². The maximum absolute atomic E-state index is 12.6. The number of oxazole rings is 1. The summed E-state index contributed by atoms with van der Waals surface area (Å²) in [5, 5.41) is 16.6. The molecule has 0 aliphatic rings. The highest BCUT2D eigenvalue weighted by Crippen LogP contribution is 2.29. The highest BCUT2D eigenvalue weighted by Gasteiger charge is 2.33. The summed E-state index contributed by atoms with van der Waals surface area (Å²) in [6.45, 7) is 7.23. The normalized spacial score (nSPS) is 14.1. The van der Waals surface area contributed by atoms with E-state index in [1.54, 1.807) is 39.0 Å². The van der Waals surface area contributed by atoms with E-state index in [0.29, 0.717) is 11.1 Å². The van der Waals surface area contributed by atoms with Crippen molar-refractivity contribution in [1.82, 2.24) is 4.98 Å². The Bertz CT molecular complexity index is 1410. The van der Waals surface area contributed by atoms with Gasteiger partial charge in [-0.1, -0.05) is 74.0 Å². The SMILES string of the molecule is Cc1ccc(S(=O)(=O)O/N=C(/c2nc3c(ccc4ccccc43)o2)C(O)C(C)(C)C)cc1. The molecule has 1 atom stereocenters. The Morgan fingerprint density at radius 2 is 1.75 bits per heavy atom. The molecule has 0 saturated carbocycles. The molecule has 0 amide bonds. The summed E-state index contributed by atoms with van der Waals surface area (Å²) in [5.41, 5.74) is 1.21. The van der Waals surface area contributed by atoms with Crippen LogP contribution in [0.2, 0.25) is 0 Å². The molecule has 0 saturated heterocycles. The Morgan fingerprint density at radius 3 is 2.44 bits per heavy atom. The first-order valence-corrected chi connectivity index (χ1v) is 11.5.